The number of carbonyl (C=O) groups excluding carboxylic acids is 5. The van der Waals surface area contributed by atoms with E-state index < -0.39 is 59.7 Å². The van der Waals surface area contributed by atoms with Crippen molar-refractivity contribution in [2.45, 2.75) is 105 Å². The highest BCUT2D eigenvalue weighted by Gasteiger charge is 2.36. The largest absolute Gasteiger partial charge is 0.343 e. The van der Waals surface area contributed by atoms with Crippen LogP contribution >= 0.6 is 0 Å². The van der Waals surface area contributed by atoms with E-state index in [9.17, 15) is 24.0 Å². The van der Waals surface area contributed by atoms with Crippen LogP contribution in [0.5, 0.6) is 0 Å². The summed E-state index contributed by atoms with van der Waals surface area (Å²) in [6.07, 6.45) is 0.869. The number of rotatable bonds is 8. The maximum Gasteiger partial charge on any atom is 0.243 e. The molecule has 228 valence electrons. The van der Waals surface area contributed by atoms with Crippen molar-refractivity contribution in [3.05, 3.63) is 35.9 Å². The molecule has 41 heavy (non-hydrogen) atoms. The van der Waals surface area contributed by atoms with Crippen molar-refractivity contribution in [1.29, 1.82) is 0 Å². The van der Waals surface area contributed by atoms with E-state index in [1.807, 2.05) is 58.0 Å². The lowest BCUT2D eigenvalue weighted by Gasteiger charge is -2.29. The van der Waals surface area contributed by atoms with Gasteiger partial charge in [-0.15, -0.1) is 0 Å². The highest BCUT2D eigenvalue weighted by Crippen LogP contribution is 2.13. The van der Waals surface area contributed by atoms with Crippen molar-refractivity contribution in [1.82, 2.24) is 26.6 Å². The predicted octanol–water partition coefficient (Wildman–Crippen LogP) is 2.07. The van der Waals surface area contributed by atoms with Crippen molar-refractivity contribution >= 4 is 29.5 Å². The quantitative estimate of drug-likeness (QED) is 0.324. The molecule has 2 rings (SSSR count). The Balaban J connectivity index is 2.58. The number of nitrogens with one attached hydrogen (secondary N) is 5. The third-order valence-corrected chi connectivity index (χ3v) is 7.09. The summed E-state index contributed by atoms with van der Waals surface area (Å²) >= 11 is 0. The van der Waals surface area contributed by atoms with Gasteiger partial charge in [0, 0.05) is 6.42 Å². The van der Waals surface area contributed by atoms with E-state index in [2.05, 4.69) is 26.6 Å². The van der Waals surface area contributed by atoms with E-state index in [0.717, 1.165) is 5.56 Å². The highest BCUT2D eigenvalue weighted by atomic mass is 16.2. The fourth-order valence-electron chi connectivity index (χ4n) is 4.84. The van der Waals surface area contributed by atoms with E-state index in [4.69, 9.17) is 0 Å². The molecule has 10 heteroatoms. The fraction of sp³-hybridized carbons (Fsp3) is 0.645. The van der Waals surface area contributed by atoms with Gasteiger partial charge in [0.1, 0.15) is 30.2 Å². The van der Waals surface area contributed by atoms with Crippen molar-refractivity contribution in [3.63, 3.8) is 0 Å². The Labute approximate surface area is 244 Å². The van der Waals surface area contributed by atoms with Gasteiger partial charge in [-0.3, -0.25) is 24.0 Å². The minimum absolute atomic E-state index is 0.0594. The molecule has 0 aliphatic carbocycles. The van der Waals surface area contributed by atoms with Crippen LogP contribution in [0.2, 0.25) is 0 Å². The topological polar surface area (TPSA) is 146 Å². The average molecular weight is 572 g/mol. The summed E-state index contributed by atoms with van der Waals surface area (Å²) in [5.74, 6) is -2.98. The molecule has 1 saturated heterocycles. The Morgan fingerprint density at radius 3 is 1.27 bits per heavy atom. The van der Waals surface area contributed by atoms with Crippen molar-refractivity contribution in [3.8, 4) is 0 Å². The molecule has 1 aromatic rings. The minimum atomic E-state index is -0.997. The summed E-state index contributed by atoms with van der Waals surface area (Å²) in [5, 5.41) is 14.1. The molecular formula is C31H49N5O5. The molecule has 1 fully saturated rings. The third-order valence-electron chi connectivity index (χ3n) is 7.09. The Bertz CT molecular complexity index is 1060. The van der Waals surface area contributed by atoms with Crippen LogP contribution in [0, 0.1) is 23.7 Å². The van der Waals surface area contributed by atoms with E-state index in [0.29, 0.717) is 12.8 Å². The first-order valence-electron chi connectivity index (χ1n) is 14.7. The number of hydrogen-bond acceptors (Lipinski definition) is 5. The Morgan fingerprint density at radius 2 is 0.878 bits per heavy atom. The van der Waals surface area contributed by atoms with E-state index >= 15 is 0 Å². The lowest BCUT2D eigenvalue weighted by atomic mass is 9.97. The van der Waals surface area contributed by atoms with Crippen molar-refractivity contribution in [2.75, 3.05) is 0 Å². The fourth-order valence-corrected chi connectivity index (χ4v) is 4.84. The predicted molar refractivity (Wildman–Crippen MR) is 158 cm³/mol. The van der Waals surface area contributed by atoms with Gasteiger partial charge < -0.3 is 26.6 Å². The standard InChI is InChI=1S/C31H49N5O5/c1-17(2)14-22-27(37)32-24(16-21-12-10-9-11-13-21)29(39)36-26(20(7)8)31(41)34-23(15-18(3)4)28(38)35-25(19(5)6)30(40)33-22/h9-13,17-20,22-26H,14-16H2,1-8H3,(H,32,37)(H,33,40)(H,34,41)(H,35,38)(H,36,39)/t22-,23+,24+,25+,26+/m1/s1. The van der Waals surface area contributed by atoms with Gasteiger partial charge >= 0.3 is 0 Å². The molecule has 0 spiro atoms. The second kappa shape index (κ2) is 15.5. The van der Waals surface area contributed by atoms with Gasteiger partial charge in [0.25, 0.3) is 0 Å². The van der Waals surface area contributed by atoms with Crippen LogP contribution in [0.15, 0.2) is 30.3 Å². The lowest BCUT2D eigenvalue weighted by Crippen LogP contribution is -2.59. The number of amides is 5. The van der Waals surface area contributed by atoms with Gasteiger partial charge in [0.2, 0.25) is 29.5 Å². The summed E-state index contributed by atoms with van der Waals surface area (Å²) in [4.78, 5) is 67.7. The zero-order valence-corrected chi connectivity index (χ0v) is 25.7. The van der Waals surface area contributed by atoms with Gasteiger partial charge in [-0.1, -0.05) is 85.7 Å². The molecule has 5 N–H and O–H groups in total. The van der Waals surface area contributed by atoms with Gasteiger partial charge in [0.15, 0.2) is 0 Å². The Hall–Kier alpha value is -3.43. The molecule has 0 aromatic heterocycles. The highest BCUT2D eigenvalue weighted by molar-refractivity contribution is 5.98. The third kappa shape index (κ3) is 10.5. The summed E-state index contributed by atoms with van der Waals surface area (Å²) < 4.78 is 0. The van der Waals surface area contributed by atoms with E-state index in [1.165, 1.54) is 0 Å². The second-order valence-electron chi connectivity index (χ2n) is 12.6. The van der Waals surface area contributed by atoms with E-state index in [-0.39, 0.29) is 30.1 Å². The normalized spacial score (nSPS) is 25.3. The van der Waals surface area contributed by atoms with Crippen molar-refractivity contribution in [2.24, 2.45) is 23.7 Å². The number of benzene rings is 1. The maximum absolute atomic E-state index is 13.6. The molecule has 0 unspecified atom stereocenters. The molecule has 0 bridgehead atoms. The first-order chi connectivity index (χ1) is 19.2. The van der Waals surface area contributed by atoms with Crippen LogP contribution in [0.25, 0.3) is 0 Å². The molecule has 1 aliphatic heterocycles. The first-order valence-corrected chi connectivity index (χ1v) is 14.7. The number of hydrogen-bond donors (Lipinski definition) is 5. The summed E-state index contributed by atoms with van der Waals surface area (Å²) in [5.41, 5.74) is 0.826. The zero-order valence-electron chi connectivity index (χ0n) is 25.7. The summed E-state index contributed by atoms with van der Waals surface area (Å²) in [6.45, 7) is 15.0. The van der Waals surface area contributed by atoms with Crippen molar-refractivity contribution < 1.29 is 24.0 Å². The zero-order chi connectivity index (χ0) is 30.9. The van der Waals surface area contributed by atoms with Crippen LogP contribution in [-0.4, -0.2) is 59.7 Å². The molecule has 5 amide bonds. The van der Waals surface area contributed by atoms with Crippen LogP contribution in [0.4, 0.5) is 0 Å². The molecule has 10 nitrogen and oxygen atoms in total. The SMILES string of the molecule is CC(C)C[C@@H]1NC(=O)[C@H](C(C)C)NC(=O)[C@H](Cc2ccccc2)NC(=O)[C@@H](CC(C)C)NC(=O)[C@H](C(C)C)NC1=O. The first kappa shape index (κ1) is 33.8. The molecule has 1 aliphatic rings. The van der Waals surface area contributed by atoms with Gasteiger partial charge in [-0.05, 0) is 42.1 Å². The van der Waals surface area contributed by atoms with Crippen LogP contribution in [0.3, 0.4) is 0 Å². The van der Waals surface area contributed by atoms with Gasteiger partial charge in [-0.25, -0.2) is 0 Å². The molecule has 1 aromatic carbocycles. The van der Waals surface area contributed by atoms with E-state index in [1.54, 1.807) is 27.7 Å². The van der Waals surface area contributed by atoms with Gasteiger partial charge in [0.05, 0.1) is 0 Å². The maximum atomic E-state index is 13.6. The lowest BCUT2D eigenvalue weighted by molar-refractivity contribution is -0.135. The molecular weight excluding hydrogens is 522 g/mol. The van der Waals surface area contributed by atoms with Crippen LogP contribution in [-0.2, 0) is 30.4 Å². The average Bonchev–Trinajstić information content (AvgIpc) is 2.87. The summed E-state index contributed by atoms with van der Waals surface area (Å²) in [7, 11) is 0. The van der Waals surface area contributed by atoms with Crippen LogP contribution in [0.1, 0.15) is 73.8 Å². The monoisotopic (exact) mass is 571 g/mol. The van der Waals surface area contributed by atoms with Gasteiger partial charge in [-0.2, -0.15) is 0 Å². The summed E-state index contributed by atoms with van der Waals surface area (Å²) in [6, 6.07) is 4.56. The molecule has 5 atom stereocenters. The second-order valence-corrected chi connectivity index (χ2v) is 12.6. The van der Waals surface area contributed by atoms with Crippen LogP contribution < -0.4 is 26.6 Å². The molecule has 1 heterocycles. The molecule has 0 radical (unpaired) electrons. The smallest absolute Gasteiger partial charge is 0.243 e. The number of carbonyl (C=O) groups is 5. The minimum Gasteiger partial charge on any atom is -0.343 e. The Morgan fingerprint density at radius 1 is 0.512 bits per heavy atom. The molecule has 0 saturated carbocycles. The Kier molecular flexibility index (Phi) is 12.8.